The molecule has 21 heavy (non-hydrogen) atoms. The predicted molar refractivity (Wildman–Crippen MR) is 79.7 cm³/mol. The molecule has 0 aliphatic carbocycles. The Morgan fingerprint density at radius 1 is 1.10 bits per heavy atom. The number of aryl methyl sites for hydroxylation is 2. The molecule has 0 amide bonds. The van der Waals surface area contributed by atoms with E-state index in [1.54, 1.807) is 26.0 Å². The summed E-state index contributed by atoms with van der Waals surface area (Å²) in [4.78, 5) is 0.161. The second kappa shape index (κ2) is 5.73. The molecule has 0 heterocycles. The summed E-state index contributed by atoms with van der Waals surface area (Å²) < 4.78 is 45.7. The molecule has 2 aromatic carbocycles. The maximum absolute atomic E-state index is 13.3. The van der Waals surface area contributed by atoms with Gasteiger partial charge in [-0.25, -0.2) is 12.8 Å². The fourth-order valence-electron chi connectivity index (χ4n) is 1.96. The minimum Gasteiger partial charge on any atom is -0.495 e. The number of sulfonamides is 1. The van der Waals surface area contributed by atoms with E-state index in [-0.39, 0.29) is 16.3 Å². The van der Waals surface area contributed by atoms with Crippen molar-refractivity contribution in [3.05, 3.63) is 53.3 Å². The third kappa shape index (κ3) is 3.33. The van der Waals surface area contributed by atoms with Crippen LogP contribution in [0.15, 0.2) is 41.3 Å². The highest BCUT2D eigenvalue weighted by Gasteiger charge is 2.19. The van der Waals surface area contributed by atoms with Crippen molar-refractivity contribution in [2.45, 2.75) is 18.7 Å². The molecule has 0 bridgehead atoms. The van der Waals surface area contributed by atoms with Gasteiger partial charge in [-0.15, -0.1) is 0 Å². The van der Waals surface area contributed by atoms with Gasteiger partial charge in [0.15, 0.2) is 0 Å². The minimum atomic E-state index is -3.81. The smallest absolute Gasteiger partial charge is 0.262 e. The van der Waals surface area contributed by atoms with Gasteiger partial charge >= 0.3 is 0 Å². The zero-order valence-corrected chi connectivity index (χ0v) is 12.8. The van der Waals surface area contributed by atoms with E-state index in [1.165, 1.54) is 19.2 Å². The molecule has 0 saturated carbocycles. The lowest BCUT2D eigenvalue weighted by molar-refractivity contribution is 0.416. The summed E-state index contributed by atoms with van der Waals surface area (Å²) in [6.45, 7) is 3.51. The van der Waals surface area contributed by atoms with Crippen molar-refractivity contribution >= 4 is 15.7 Å². The Kier molecular flexibility index (Phi) is 4.18. The van der Waals surface area contributed by atoms with Crippen LogP contribution >= 0.6 is 0 Å². The standard InChI is InChI=1S/C15H16FNO3S/c1-10-4-5-11(2)15(8-10)21(18,19)17-13-9-12(16)6-7-14(13)20-3/h4-9,17H,1-3H3. The first-order chi connectivity index (χ1) is 9.83. The van der Waals surface area contributed by atoms with Gasteiger partial charge < -0.3 is 4.74 Å². The number of benzene rings is 2. The number of halogens is 1. The summed E-state index contributed by atoms with van der Waals surface area (Å²) in [7, 11) is -2.42. The molecule has 0 atom stereocenters. The maximum atomic E-state index is 13.3. The van der Waals surface area contributed by atoms with Crippen molar-refractivity contribution in [1.29, 1.82) is 0 Å². The van der Waals surface area contributed by atoms with Crippen molar-refractivity contribution in [3.8, 4) is 5.75 Å². The van der Waals surface area contributed by atoms with Crippen LogP contribution < -0.4 is 9.46 Å². The van der Waals surface area contributed by atoms with Gasteiger partial charge in [-0.05, 0) is 43.2 Å². The fourth-order valence-corrected chi connectivity index (χ4v) is 3.35. The van der Waals surface area contributed by atoms with Crippen molar-refractivity contribution in [1.82, 2.24) is 0 Å². The van der Waals surface area contributed by atoms with Crippen molar-refractivity contribution < 1.29 is 17.5 Å². The van der Waals surface area contributed by atoms with E-state index in [9.17, 15) is 12.8 Å². The summed E-state index contributed by atoms with van der Waals surface area (Å²) in [6, 6.07) is 8.79. The van der Waals surface area contributed by atoms with Gasteiger partial charge in [0.1, 0.15) is 11.6 Å². The maximum Gasteiger partial charge on any atom is 0.262 e. The first-order valence-electron chi connectivity index (χ1n) is 6.27. The number of anilines is 1. The average molecular weight is 309 g/mol. The summed E-state index contributed by atoms with van der Waals surface area (Å²) in [6.07, 6.45) is 0. The molecule has 6 heteroatoms. The van der Waals surface area contributed by atoms with Crippen LogP contribution in [0.25, 0.3) is 0 Å². The molecule has 0 fully saturated rings. The highest BCUT2D eigenvalue weighted by atomic mass is 32.2. The molecule has 0 saturated heterocycles. The topological polar surface area (TPSA) is 55.4 Å². The van der Waals surface area contributed by atoms with Crippen molar-refractivity contribution in [2.24, 2.45) is 0 Å². The molecule has 0 aliphatic rings. The van der Waals surface area contributed by atoms with Gasteiger partial charge in [0.25, 0.3) is 10.0 Å². The van der Waals surface area contributed by atoms with Crippen LogP contribution in [0.1, 0.15) is 11.1 Å². The molecule has 0 unspecified atom stereocenters. The van der Waals surface area contributed by atoms with Gasteiger partial charge in [0.05, 0.1) is 17.7 Å². The number of methoxy groups -OCH3 is 1. The average Bonchev–Trinajstić information content (AvgIpc) is 2.41. The third-order valence-electron chi connectivity index (χ3n) is 3.04. The van der Waals surface area contributed by atoms with E-state index in [1.807, 2.05) is 6.07 Å². The summed E-state index contributed by atoms with van der Waals surface area (Å²) in [5.41, 5.74) is 1.51. The quantitative estimate of drug-likeness (QED) is 0.943. The lowest BCUT2D eigenvalue weighted by Gasteiger charge is -2.13. The highest BCUT2D eigenvalue weighted by Crippen LogP contribution is 2.28. The molecule has 0 radical (unpaired) electrons. The van der Waals surface area contributed by atoms with E-state index < -0.39 is 15.8 Å². The summed E-state index contributed by atoms with van der Waals surface area (Å²) in [5, 5.41) is 0. The molecule has 112 valence electrons. The van der Waals surface area contributed by atoms with Crippen LogP contribution in [0, 0.1) is 19.7 Å². The first kappa shape index (κ1) is 15.3. The van der Waals surface area contributed by atoms with Crippen LogP contribution in [0.5, 0.6) is 5.75 Å². The van der Waals surface area contributed by atoms with Crippen LogP contribution in [-0.4, -0.2) is 15.5 Å². The lowest BCUT2D eigenvalue weighted by atomic mass is 10.2. The Hall–Kier alpha value is -2.08. The zero-order chi connectivity index (χ0) is 15.6. The molecule has 2 rings (SSSR count). The molecule has 0 aliphatic heterocycles. The zero-order valence-electron chi connectivity index (χ0n) is 12.0. The van der Waals surface area contributed by atoms with E-state index in [4.69, 9.17) is 4.74 Å². The van der Waals surface area contributed by atoms with Crippen LogP contribution in [-0.2, 0) is 10.0 Å². The molecular weight excluding hydrogens is 293 g/mol. The highest BCUT2D eigenvalue weighted by molar-refractivity contribution is 7.92. The molecule has 2 aromatic rings. The van der Waals surface area contributed by atoms with Gasteiger partial charge in [0, 0.05) is 6.07 Å². The Morgan fingerprint density at radius 3 is 2.48 bits per heavy atom. The SMILES string of the molecule is COc1ccc(F)cc1NS(=O)(=O)c1cc(C)ccc1C. The number of hydrogen-bond acceptors (Lipinski definition) is 3. The third-order valence-corrected chi connectivity index (χ3v) is 4.55. The van der Waals surface area contributed by atoms with E-state index in [0.29, 0.717) is 5.56 Å². The van der Waals surface area contributed by atoms with Gasteiger partial charge in [-0.2, -0.15) is 0 Å². The van der Waals surface area contributed by atoms with Gasteiger partial charge in [-0.3, -0.25) is 4.72 Å². The number of nitrogens with one attached hydrogen (secondary N) is 1. The van der Waals surface area contributed by atoms with Crippen LogP contribution in [0.4, 0.5) is 10.1 Å². The van der Waals surface area contributed by atoms with Crippen molar-refractivity contribution in [3.63, 3.8) is 0 Å². The Labute approximate surface area is 123 Å². The molecule has 0 spiro atoms. The molecule has 1 N–H and O–H groups in total. The monoisotopic (exact) mass is 309 g/mol. The predicted octanol–water partition coefficient (Wildman–Crippen LogP) is 3.25. The largest absolute Gasteiger partial charge is 0.495 e. The minimum absolute atomic E-state index is 0.0680. The van der Waals surface area contributed by atoms with E-state index >= 15 is 0 Å². The number of rotatable bonds is 4. The molecule has 0 aromatic heterocycles. The summed E-state index contributed by atoms with van der Waals surface area (Å²) >= 11 is 0. The van der Waals surface area contributed by atoms with Gasteiger partial charge in [0.2, 0.25) is 0 Å². The molecule has 4 nitrogen and oxygen atoms in total. The van der Waals surface area contributed by atoms with Gasteiger partial charge in [-0.1, -0.05) is 12.1 Å². The van der Waals surface area contributed by atoms with E-state index in [0.717, 1.165) is 11.6 Å². The Balaban J connectivity index is 2.47. The lowest BCUT2D eigenvalue weighted by Crippen LogP contribution is -2.15. The molecular formula is C15H16FNO3S. The normalized spacial score (nSPS) is 11.2. The van der Waals surface area contributed by atoms with Crippen LogP contribution in [0.2, 0.25) is 0 Å². The second-order valence-corrected chi connectivity index (χ2v) is 6.37. The second-order valence-electron chi connectivity index (χ2n) is 4.72. The summed E-state index contributed by atoms with van der Waals surface area (Å²) in [5.74, 6) is -0.292. The number of ether oxygens (including phenoxy) is 1. The first-order valence-corrected chi connectivity index (χ1v) is 7.75. The fraction of sp³-hybridized carbons (Fsp3) is 0.200. The van der Waals surface area contributed by atoms with Crippen LogP contribution in [0.3, 0.4) is 0 Å². The van der Waals surface area contributed by atoms with E-state index in [2.05, 4.69) is 4.72 Å². The Bertz CT molecular complexity index is 772. The van der Waals surface area contributed by atoms with Crippen molar-refractivity contribution in [2.75, 3.05) is 11.8 Å². The number of hydrogen-bond donors (Lipinski definition) is 1. The Morgan fingerprint density at radius 2 is 1.81 bits per heavy atom.